The van der Waals surface area contributed by atoms with Gasteiger partial charge in [-0.2, -0.15) is 0 Å². The molecule has 3 nitrogen and oxygen atoms in total. The fourth-order valence-electron chi connectivity index (χ4n) is 2.25. The highest BCUT2D eigenvalue weighted by Gasteiger charge is 2.03. The van der Waals surface area contributed by atoms with Crippen molar-refractivity contribution in [2.75, 3.05) is 12.3 Å². The summed E-state index contributed by atoms with van der Waals surface area (Å²) >= 11 is 0. The van der Waals surface area contributed by atoms with Gasteiger partial charge in [0.2, 0.25) is 0 Å². The van der Waals surface area contributed by atoms with E-state index in [9.17, 15) is 4.79 Å². The number of esters is 1. The minimum atomic E-state index is -0.0993. The average molecular weight is 291 g/mol. The van der Waals surface area contributed by atoms with Gasteiger partial charge < -0.3 is 10.5 Å². The number of anilines is 1. The number of aryl methyl sites for hydroxylation is 1. The Balaban J connectivity index is 1.97. The minimum Gasteiger partial charge on any atom is -0.466 e. The summed E-state index contributed by atoms with van der Waals surface area (Å²) in [7, 11) is 0. The van der Waals surface area contributed by atoms with E-state index in [-0.39, 0.29) is 5.97 Å². The molecule has 0 fully saturated rings. The zero-order valence-electron chi connectivity index (χ0n) is 13.3. The number of ether oxygens (including phenoxy) is 1. The van der Waals surface area contributed by atoms with Gasteiger partial charge >= 0.3 is 5.97 Å². The van der Waals surface area contributed by atoms with Crippen molar-refractivity contribution >= 4 is 11.7 Å². The van der Waals surface area contributed by atoms with Crippen LogP contribution in [-0.4, -0.2) is 12.6 Å². The summed E-state index contributed by atoms with van der Waals surface area (Å²) in [6, 6.07) is 7.64. The molecule has 0 bridgehead atoms. The highest BCUT2D eigenvalue weighted by molar-refractivity contribution is 5.69. The number of carbonyl (C=O) groups is 1. The van der Waals surface area contributed by atoms with E-state index in [0.29, 0.717) is 13.0 Å². The van der Waals surface area contributed by atoms with Crippen LogP contribution < -0.4 is 5.73 Å². The first-order valence-electron chi connectivity index (χ1n) is 8.22. The summed E-state index contributed by atoms with van der Waals surface area (Å²) in [4.78, 5) is 11.6. The Morgan fingerprint density at radius 3 is 2.29 bits per heavy atom. The van der Waals surface area contributed by atoms with Gasteiger partial charge in [0.05, 0.1) is 6.61 Å². The summed E-state index contributed by atoms with van der Waals surface area (Å²) in [5, 5.41) is 0. The maximum absolute atomic E-state index is 11.6. The second-order valence-electron chi connectivity index (χ2n) is 5.58. The van der Waals surface area contributed by atoms with Crippen LogP contribution in [0.5, 0.6) is 0 Å². The zero-order chi connectivity index (χ0) is 15.3. The molecule has 0 unspecified atom stereocenters. The van der Waals surface area contributed by atoms with E-state index in [1.807, 2.05) is 24.3 Å². The highest BCUT2D eigenvalue weighted by atomic mass is 16.5. The number of carbonyl (C=O) groups excluding carboxylic acids is 1. The van der Waals surface area contributed by atoms with Crippen LogP contribution >= 0.6 is 0 Å². The lowest BCUT2D eigenvalue weighted by atomic mass is 10.1. The summed E-state index contributed by atoms with van der Waals surface area (Å²) < 4.78 is 5.25. The number of hydrogen-bond donors (Lipinski definition) is 1. The van der Waals surface area contributed by atoms with Crippen LogP contribution in [0.25, 0.3) is 0 Å². The predicted molar refractivity (Wildman–Crippen MR) is 88.1 cm³/mol. The van der Waals surface area contributed by atoms with E-state index >= 15 is 0 Å². The lowest BCUT2D eigenvalue weighted by Gasteiger charge is -2.05. The molecule has 21 heavy (non-hydrogen) atoms. The Kier molecular flexibility index (Phi) is 9.34. The fraction of sp³-hybridized carbons (Fsp3) is 0.611. The van der Waals surface area contributed by atoms with Gasteiger partial charge in [0, 0.05) is 12.1 Å². The largest absolute Gasteiger partial charge is 0.466 e. The van der Waals surface area contributed by atoms with Crippen molar-refractivity contribution in [3.63, 3.8) is 0 Å². The molecule has 1 aromatic rings. The van der Waals surface area contributed by atoms with Gasteiger partial charge in [-0.1, -0.05) is 57.6 Å². The van der Waals surface area contributed by atoms with E-state index in [1.165, 1.54) is 32.1 Å². The number of hydrogen-bond acceptors (Lipinski definition) is 3. The van der Waals surface area contributed by atoms with Crippen molar-refractivity contribution in [2.45, 2.75) is 64.7 Å². The van der Waals surface area contributed by atoms with Gasteiger partial charge in [-0.25, -0.2) is 0 Å². The number of nitrogen functional groups attached to an aromatic ring is 1. The van der Waals surface area contributed by atoms with Crippen LogP contribution in [-0.2, 0) is 16.0 Å². The first-order valence-corrected chi connectivity index (χ1v) is 8.22. The van der Waals surface area contributed by atoms with E-state index in [1.54, 1.807) is 0 Å². The second kappa shape index (κ2) is 11.2. The quantitative estimate of drug-likeness (QED) is 0.371. The van der Waals surface area contributed by atoms with E-state index in [4.69, 9.17) is 10.5 Å². The molecule has 0 saturated carbocycles. The third-order valence-corrected chi connectivity index (χ3v) is 3.61. The molecule has 0 aliphatic carbocycles. The normalized spacial score (nSPS) is 10.5. The fourth-order valence-corrected chi connectivity index (χ4v) is 2.25. The molecular formula is C18H29NO2. The molecule has 1 rings (SSSR count). The van der Waals surface area contributed by atoms with Crippen molar-refractivity contribution < 1.29 is 9.53 Å². The molecule has 1 aromatic carbocycles. The van der Waals surface area contributed by atoms with E-state index in [0.717, 1.165) is 30.5 Å². The summed E-state index contributed by atoms with van der Waals surface area (Å²) in [5.74, 6) is -0.0993. The first kappa shape index (κ1) is 17.5. The zero-order valence-corrected chi connectivity index (χ0v) is 13.3. The molecule has 118 valence electrons. The molecule has 0 aromatic heterocycles. The Morgan fingerprint density at radius 1 is 1.00 bits per heavy atom. The molecule has 0 aliphatic rings. The lowest BCUT2D eigenvalue weighted by Crippen LogP contribution is -2.07. The molecule has 2 N–H and O–H groups in total. The van der Waals surface area contributed by atoms with Crippen LogP contribution in [0.1, 0.15) is 63.9 Å². The van der Waals surface area contributed by atoms with Crippen LogP contribution in [0.3, 0.4) is 0 Å². The second-order valence-corrected chi connectivity index (χ2v) is 5.58. The van der Waals surface area contributed by atoms with Crippen molar-refractivity contribution in [1.82, 2.24) is 0 Å². The van der Waals surface area contributed by atoms with Gasteiger partial charge in [-0.3, -0.25) is 4.79 Å². The third kappa shape index (κ3) is 9.11. The molecule has 0 amide bonds. The standard InChI is InChI=1S/C18H29NO2/c1-2-3-4-5-6-7-8-15-21-18(20)14-11-16-9-12-17(19)13-10-16/h9-10,12-13H,2-8,11,14-15,19H2,1H3. The Hall–Kier alpha value is -1.51. The maximum atomic E-state index is 11.6. The highest BCUT2D eigenvalue weighted by Crippen LogP contribution is 2.09. The van der Waals surface area contributed by atoms with Crippen molar-refractivity contribution in [1.29, 1.82) is 0 Å². The summed E-state index contributed by atoms with van der Waals surface area (Å²) in [6.07, 6.45) is 9.82. The van der Waals surface area contributed by atoms with E-state index < -0.39 is 0 Å². The van der Waals surface area contributed by atoms with Gasteiger partial charge in [-0.15, -0.1) is 0 Å². The molecular weight excluding hydrogens is 262 g/mol. The third-order valence-electron chi connectivity index (χ3n) is 3.61. The number of unbranched alkanes of at least 4 members (excludes halogenated alkanes) is 6. The number of nitrogens with two attached hydrogens (primary N) is 1. The van der Waals surface area contributed by atoms with E-state index in [2.05, 4.69) is 6.92 Å². The maximum Gasteiger partial charge on any atom is 0.306 e. The Morgan fingerprint density at radius 2 is 1.62 bits per heavy atom. The minimum absolute atomic E-state index is 0.0993. The lowest BCUT2D eigenvalue weighted by molar-refractivity contribution is -0.143. The topological polar surface area (TPSA) is 52.3 Å². The molecule has 0 radical (unpaired) electrons. The summed E-state index contributed by atoms with van der Waals surface area (Å²) in [5.41, 5.74) is 7.50. The monoisotopic (exact) mass is 291 g/mol. The molecule has 0 heterocycles. The van der Waals surface area contributed by atoms with Crippen LogP contribution in [0.2, 0.25) is 0 Å². The number of rotatable bonds is 11. The van der Waals surface area contributed by atoms with Crippen LogP contribution in [0, 0.1) is 0 Å². The van der Waals surface area contributed by atoms with Crippen LogP contribution in [0.15, 0.2) is 24.3 Å². The van der Waals surface area contributed by atoms with Crippen LogP contribution in [0.4, 0.5) is 5.69 Å². The number of benzene rings is 1. The van der Waals surface area contributed by atoms with Gasteiger partial charge in [0.25, 0.3) is 0 Å². The SMILES string of the molecule is CCCCCCCCCOC(=O)CCc1ccc(N)cc1. The Bertz CT molecular complexity index is 387. The molecule has 3 heteroatoms. The molecule has 0 saturated heterocycles. The molecule has 0 atom stereocenters. The summed E-state index contributed by atoms with van der Waals surface area (Å²) in [6.45, 7) is 2.79. The molecule has 0 spiro atoms. The average Bonchev–Trinajstić information content (AvgIpc) is 2.49. The first-order chi connectivity index (χ1) is 10.2. The van der Waals surface area contributed by atoms with Gasteiger partial charge in [-0.05, 0) is 30.5 Å². The smallest absolute Gasteiger partial charge is 0.306 e. The van der Waals surface area contributed by atoms with Crippen molar-refractivity contribution in [3.05, 3.63) is 29.8 Å². The van der Waals surface area contributed by atoms with Crippen molar-refractivity contribution in [2.24, 2.45) is 0 Å². The molecule has 0 aliphatic heterocycles. The van der Waals surface area contributed by atoms with Crippen molar-refractivity contribution in [3.8, 4) is 0 Å². The van der Waals surface area contributed by atoms with Gasteiger partial charge in [0.15, 0.2) is 0 Å². The Labute approximate surface area is 128 Å². The van der Waals surface area contributed by atoms with Gasteiger partial charge in [0.1, 0.15) is 0 Å². The predicted octanol–water partition coefficient (Wildman–Crippen LogP) is 4.50.